The molecule has 1 aromatic rings. The van der Waals surface area contributed by atoms with Crippen molar-refractivity contribution in [2.24, 2.45) is 0 Å². The maximum Gasteiger partial charge on any atom is 0.415 e. The molecule has 0 aliphatic carbocycles. The van der Waals surface area contributed by atoms with Crippen LogP contribution in [0.5, 0.6) is 5.75 Å². The van der Waals surface area contributed by atoms with Gasteiger partial charge in [0.25, 0.3) is 0 Å². The van der Waals surface area contributed by atoms with E-state index < -0.39 is 12.1 Å². The van der Waals surface area contributed by atoms with Crippen LogP contribution in [0.2, 0.25) is 0 Å². The molecule has 7 nitrogen and oxygen atoms in total. The van der Waals surface area contributed by atoms with E-state index in [1.807, 2.05) is 5.32 Å². The van der Waals surface area contributed by atoms with Crippen molar-refractivity contribution in [2.45, 2.75) is 6.92 Å². The molecule has 0 saturated heterocycles. The number of rotatable bonds is 2. The Morgan fingerprint density at radius 2 is 2.35 bits per heavy atom. The van der Waals surface area contributed by atoms with Crippen LogP contribution in [0.15, 0.2) is 18.3 Å². The van der Waals surface area contributed by atoms with E-state index in [1.165, 1.54) is 18.3 Å². The van der Waals surface area contributed by atoms with E-state index in [0.29, 0.717) is 4.31 Å². The summed E-state index contributed by atoms with van der Waals surface area (Å²) in [5.74, 6) is -0.320. The Kier molecular flexibility index (Phi) is 4.58. The van der Waals surface area contributed by atoms with Crippen molar-refractivity contribution in [2.75, 3.05) is 10.9 Å². The predicted octanol–water partition coefficient (Wildman–Crippen LogP) is 1.30. The van der Waals surface area contributed by atoms with Gasteiger partial charge in [0.15, 0.2) is 11.6 Å². The Hall–Kier alpha value is -1.96. The molecule has 0 spiro atoms. The molecule has 8 heteroatoms. The molecule has 92 valence electrons. The second-order valence-electron chi connectivity index (χ2n) is 2.81. The van der Waals surface area contributed by atoms with Crippen molar-refractivity contribution in [3.05, 3.63) is 18.3 Å². The fourth-order valence-electron chi connectivity index (χ4n) is 0.955. The van der Waals surface area contributed by atoms with Crippen molar-refractivity contribution < 1.29 is 19.4 Å². The van der Waals surface area contributed by atoms with Crippen LogP contribution < -0.4 is 9.62 Å². The highest BCUT2D eigenvalue weighted by Crippen LogP contribution is 2.24. The molecule has 2 N–H and O–H groups in total. The molecular formula is C9H11N3O4S. The molecule has 0 aromatic carbocycles. The standard InChI is InChI=1S/C9H11N3O4S/c1-2-16-9(15)11-8(14)12(17)7-6(13)4-3-5-10-7/h3-5,13,17H,2H2,1H3,(H,11,14,15). The largest absolute Gasteiger partial charge is 0.504 e. The summed E-state index contributed by atoms with van der Waals surface area (Å²) >= 11 is 3.82. The summed E-state index contributed by atoms with van der Waals surface area (Å²) in [5.41, 5.74) is 0. The first-order valence-corrected chi connectivity index (χ1v) is 5.07. The highest BCUT2D eigenvalue weighted by atomic mass is 32.1. The number of urea groups is 1. The minimum atomic E-state index is -0.896. The van der Waals surface area contributed by atoms with E-state index >= 15 is 0 Å². The van der Waals surface area contributed by atoms with Gasteiger partial charge in [-0.1, -0.05) is 12.8 Å². The lowest BCUT2D eigenvalue weighted by molar-refractivity contribution is 0.154. The second-order valence-corrected chi connectivity index (χ2v) is 3.21. The predicted molar refractivity (Wildman–Crippen MR) is 62.9 cm³/mol. The van der Waals surface area contributed by atoms with E-state index in [9.17, 15) is 14.7 Å². The molecule has 0 saturated carbocycles. The van der Waals surface area contributed by atoms with Gasteiger partial charge in [0.2, 0.25) is 0 Å². The van der Waals surface area contributed by atoms with Crippen LogP contribution in [0.1, 0.15) is 6.92 Å². The summed E-state index contributed by atoms with van der Waals surface area (Å²) in [5, 5.41) is 11.3. The normalized spacial score (nSPS) is 9.53. The monoisotopic (exact) mass is 257 g/mol. The second kappa shape index (κ2) is 5.94. The highest BCUT2D eigenvalue weighted by Gasteiger charge is 2.19. The summed E-state index contributed by atoms with van der Waals surface area (Å²) in [6.45, 7) is 1.74. The van der Waals surface area contributed by atoms with Crippen LogP contribution in [0.3, 0.4) is 0 Å². The number of hydrogen-bond donors (Lipinski definition) is 3. The van der Waals surface area contributed by atoms with E-state index in [2.05, 4.69) is 22.5 Å². The molecule has 1 rings (SSSR count). The zero-order valence-corrected chi connectivity index (χ0v) is 9.85. The van der Waals surface area contributed by atoms with Gasteiger partial charge in [0.1, 0.15) is 0 Å². The molecule has 17 heavy (non-hydrogen) atoms. The van der Waals surface area contributed by atoms with Gasteiger partial charge in [-0.3, -0.25) is 0 Å². The molecule has 1 heterocycles. The van der Waals surface area contributed by atoms with Crippen molar-refractivity contribution in [1.82, 2.24) is 10.3 Å². The quantitative estimate of drug-likeness (QED) is 0.695. The Bertz CT molecular complexity index is 426. The molecule has 0 aliphatic rings. The number of nitrogens with zero attached hydrogens (tertiary/aromatic N) is 2. The molecule has 0 atom stereocenters. The van der Waals surface area contributed by atoms with Crippen molar-refractivity contribution in [3.63, 3.8) is 0 Å². The molecular weight excluding hydrogens is 246 g/mol. The third-order valence-corrected chi connectivity index (χ3v) is 2.01. The Balaban J connectivity index is 2.70. The average Bonchev–Trinajstić information content (AvgIpc) is 2.29. The van der Waals surface area contributed by atoms with Gasteiger partial charge in [0.05, 0.1) is 6.61 Å². The summed E-state index contributed by atoms with van der Waals surface area (Å²) < 4.78 is 5.22. The summed E-state index contributed by atoms with van der Waals surface area (Å²) in [6.07, 6.45) is 0.475. The topological polar surface area (TPSA) is 91.8 Å². The van der Waals surface area contributed by atoms with E-state index in [4.69, 9.17) is 0 Å². The number of hydrogen-bond acceptors (Lipinski definition) is 6. The van der Waals surface area contributed by atoms with Crippen LogP contribution >= 0.6 is 12.8 Å². The van der Waals surface area contributed by atoms with Gasteiger partial charge >= 0.3 is 12.1 Å². The van der Waals surface area contributed by atoms with Gasteiger partial charge in [-0.05, 0) is 19.1 Å². The Labute approximate surface area is 103 Å². The number of alkyl carbamates (subject to hydrolysis) is 1. The van der Waals surface area contributed by atoms with Gasteiger partial charge in [0, 0.05) is 6.20 Å². The van der Waals surface area contributed by atoms with Crippen molar-refractivity contribution >= 4 is 30.8 Å². The number of amides is 3. The number of imide groups is 1. The van der Waals surface area contributed by atoms with Gasteiger partial charge in [-0.2, -0.15) is 0 Å². The summed E-state index contributed by atoms with van der Waals surface area (Å²) in [4.78, 5) is 26.2. The fourth-order valence-corrected chi connectivity index (χ4v) is 1.16. The zero-order valence-electron chi connectivity index (χ0n) is 8.95. The maximum absolute atomic E-state index is 11.5. The lowest BCUT2D eigenvalue weighted by Gasteiger charge is -2.15. The smallest absolute Gasteiger partial charge is 0.415 e. The van der Waals surface area contributed by atoms with Crippen LogP contribution in [0.4, 0.5) is 15.4 Å². The lowest BCUT2D eigenvalue weighted by atomic mass is 10.4. The Morgan fingerprint density at radius 1 is 1.65 bits per heavy atom. The van der Waals surface area contributed by atoms with E-state index in [1.54, 1.807) is 6.92 Å². The third kappa shape index (κ3) is 3.52. The molecule has 0 radical (unpaired) electrons. The molecule has 1 aromatic heterocycles. The average molecular weight is 257 g/mol. The number of pyridine rings is 1. The SMILES string of the molecule is CCOC(=O)NC(=O)N(S)c1ncccc1O. The number of anilines is 1. The first-order chi connectivity index (χ1) is 8.06. The summed E-state index contributed by atoms with van der Waals surface area (Å²) in [7, 11) is 0. The first kappa shape index (κ1) is 13.1. The van der Waals surface area contributed by atoms with E-state index in [0.717, 1.165) is 0 Å². The number of carbonyl (C=O) groups is 2. The summed E-state index contributed by atoms with van der Waals surface area (Å²) in [6, 6.07) is 1.95. The van der Waals surface area contributed by atoms with Crippen molar-refractivity contribution in [1.29, 1.82) is 0 Å². The minimum absolute atomic E-state index is 0.0855. The number of ether oxygens (including phenoxy) is 1. The van der Waals surface area contributed by atoms with Crippen LogP contribution in [-0.4, -0.2) is 28.8 Å². The molecule has 0 aliphatic heterocycles. The molecule has 0 bridgehead atoms. The fraction of sp³-hybridized carbons (Fsp3) is 0.222. The minimum Gasteiger partial charge on any atom is -0.504 e. The first-order valence-electron chi connectivity index (χ1n) is 4.67. The van der Waals surface area contributed by atoms with Gasteiger partial charge in [-0.25, -0.2) is 24.2 Å². The number of thiol groups is 1. The number of carbonyl (C=O) groups excluding carboxylic acids is 2. The maximum atomic E-state index is 11.5. The van der Waals surface area contributed by atoms with Crippen LogP contribution in [0.25, 0.3) is 0 Å². The zero-order chi connectivity index (χ0) is 12.8. The molecule has 0 fully saturated rings. The van der Waals surface area contributed by atoms with Crippen LogP contribution in [0, 0.1) is 0 Å². The van der Waals surface area contributed by atoms with Crippen molar-refractivity contribution in [3.8, 4) is 5.75 Å². The molecule has 0 unspecified atom stereocenters. The van der Waals surface area contributed by atoms with E-state index in [-0.39, 0.29) is 18.2 Å². The number of aromatic hydroxyl groups is 1. The highest BCUT2D eigenvalue weighted by molar-refractivity contribution is 7.82. The van der Waals surface area contributed by atoms with Gasteiger partial charge < -0.3 is 9.84 Å². The molecule has 3 amide bonds. The third-order valence-electron chi connectivity index (χ3n) is 1.64. The Morgan fingerprint density at radius 3 is 2.94 bits per heavy atom. The number of nitrogens with one attached hydrogen (secondary N) is 1. The van der Waals surface area contributed by atoms with Gasteiger partial charge in [-0.15, -0.1) is 0 Å². The van der Waals surface area contributed by atoms with Crippen LogP contribution in [-0.2, 0) is 4.74 Å². The number of aromatic nitrogens is 1. The lowest BCUT2D eigenvalue weighted by Crippen LogP contribution is -2.38.